The molecule has 3 fully saturated rings. The van der Waals surface area contributed by atoms with E-state index in [9.17, 15) is 33.6 Å². The first-order chi connectivity index (χ1) is 27.1. The summed E-state index contributed by atoms with van der Waals surface area (Å²) in [6.07, 6.45) is 3.40. The minimum absolute atomic E-state index is 0.00580. The van der Waals surface area contributed by atoms with E-state index in [1.54, 1.807) is 24.4 Å². The summed E-state index contributed by atoms with van der Waals surface area (Å²) < 4.78 is 27.0. The van der Waals surface area contributed by atoms with Crippen LogP contribution in [-0.2, 0) is 9.59 Å². The van der Waals surface area contributed by atoms with Crippen molar-refractivity contribution >= 4 is 47.0 Å². The number of carbonyl (C=O) groups is 5. The molecule has 0 bridgehead atoms. The second kappa shape index (κ2) is 15.4. The van der Waals surface area contributed by atoms with E-state index in [1.807, 2.05) is 33.8 Å². The van der Waals surface area contributed by atoms with Crippen LogP contribution < -0.4 is 25.0 Å². The molecular formula is C40H42ClFN8O7. The molecule has 2 saturated heterocycles. The number of nitrogens with zero attached hydrogens (tertiary/aromatic N) is 6. The van der Waals surface area contributed by atoms with Gasteiger partial charge < -0.3 is 19.7 Å². The smallest absolute Gasteiger partial charge is 0.271 e. The Bertz CT molecular complexity index is 2170. The summed E-state index contributed by atoms with van der Waals surface area (Å²) in [6.45, 7) is 11.8. The lowest BCUT2D eigenvalue weighted by Crippen LogP contribution is -2.74. The summed E-state index contributed by atoms with van der Waals surface area (Å²) in [6, 6.07) is 7.80. The van der Waals surface area contributed by atoms with Gasteiger partial charge in [-0.1, -0.05) is 39.3 Å². The van der Waals surface area contributed by atoms with Gasteiger partial charge in [-0.25, -0.2) is 14.4 Å². The average molecular weight is 801 g/mol. The van der Waals surface area contributed by atoms with Crippen molar-refractivity contribution < 1.29 is 37.8 Å². The Morgan fingerprint density at radius 2 is 1.72 bits per heavy atom. The summed E-state index contributed by atoms with van der Waals surface area (Å²) in [5.74, 6) is -2.81. The Morgan fingerprint density at radius 3 is 2.35 bits per heavy atom. The summed E-state index contributed by atoms with van der Waals surface area (Å²) in [7, 11) is 0. The highest BCUT2D eigenvalue weighted by molar-refractivity contribution is 6.31. The predicted molar refractivity (Wildman–Crippen MR) is 203 cm³/mol. The van der Waals surface area contributed by atoms with E-state index in [0.29, 0.717) is 48.2 Å². The van der Waals surface area contributed by atoms with Gasteiger partial charge in [0.1, 0.15) is 35.5 Å². The first-order valence-corrected chi connectivity index (χ1v) is 19.1. The molecule has 1 atom stereocenters. The Hall–Kier alpha value is -5.66. The molecule has 17 heteroatoms. The Kier molecular flexibility index (Phi) is 10.7. The van der Waals surface area contributed by atoms with Gasteiger partial charge in [0, 0.05) is 62.1 Å². The molecule has 7 rings (SSSR count). The lowest BCUT2D eigenvalue weighted by molar-refractivity contribution is -0.164. The predicted octanol–water partition coefficient (Wildman–Crippen LogP) is 3.75. The molecule has 2 N–H and O–H groups in total. The molecule has 1 unspecified atom stereocenters. The Labute approximate surface area is 333 Å². The number of imide groups is 2. The Balaban J connectivity index is 0.858. The van der Waals surface area contributed by atoms with Gasteiger partial charge in [0.05, 0.1) is 40.7 Å². The Morgan fingerprint density at radius 1 is 1.02 bits per heavy atom. The molecule has 298 valence electrons. The van der Waals surface area contributed by atoms with Crippen molar-refractivity contribution in [2.75, 3.05) is 44.2 Å². The number of halogens is 2. The first kappa shape index (κ1) is 39.6. The van der Waals surface area contributed by atoms with Gasteiger partial charge in [-0.2, -0.15) is 5.26 Å². The normalized spacial score (nSPS) is 22.6. The van der Waals surface area contributed by atoms with E-state index in [4.69, 9.17) is 21.1 Å². The highest BCUT2D eigenvalue weighted by atomic mass is 35.5. The number of piperidine rings is 1. The molecule has 4 heterocycles. The monoisotopic (exact) mass is 800 g/mol. The van der Waals surface area contributed by atoms with Gasteiger partial charge in [0.2, 0.25) is 11.8 Å². The number of fused-ring (bicyclic) bond motifs is 1. The van der Waals surface area contributed by atoms with Gasteiger partial charge in [-0.3, -0.25) is 39.1 Å². The molecule has 4 aliphatic rings. The van der Waals surface area contributed by atoms with E-state index in [1.165, 1.54) is 12.3 Å². The molecule has 15 nitrogen and oxygen atoms in total. The van der Waals surface area contributed by atoms with Crippen molar-refractivity contribution in [3.8, 4) is 17.6 Å². The third-order valence-corrected chi connectivity index (χ3v) is 11.7. The van der Waals surface area contributed by atoms with Crippen LogP contribution in [0.5, 0.6) is 11.5 Å². The largest absolute Gasteiger partial charge is 0.490 e. The van der Waals surface area contributed by atoms with Crippen LogP contribution in [0.25, 0.3) is 0 Å². The van der Waals surface area contributed by atoms with Crippen LogP contribution in [0.1, 0.15) is 83.7 Å². The van der Waals surface area contributed by atoms with Crippen molar-refractivity contribution in [3.63, 3.8) is 0 Å². The van der Waals surface area contributed by atoms with Crippen LogP contribution in [-0.4, -0.2) is 107 Å². The molecule has 1 aliphatic carbocycles. The van der Waals surface area contributed by atoms with Gasteiger partial charge >= 0.3 is 0 Å². The van der Waals surface area contributed by atoms with Crippen LogP contribution in [0.4, 0.5) is 10.2 Å². The van der Waals surface area contributed by atoms with Gasteiger partial charge in [0.25, 0.3) is 17.7 Å². The molecule has 5 amide bonds. The number of rotatable bonds is 11. The fourth-order valence-electron chi connectivity index (χ4n) is 8.65. The second-order valence-corrected chi connectivity index (χ2v) is 16.3. The number of aromatic nitrogens is 2. The molecule has 3 aromatic rings. The van der Waals surface area contributed by atoms with Crippen LogP contribution in [0, 0.1) is 28.0 Å². The molecule has 0 radical (unpaired) electrons. The third-order valence-electron chi connectivity index (χ3n) is 11.4. The maximum absolute atomic E-state index is 14.9. The van der Waals surface area contributed by atoms with E-state index in [0.717, 1.165) is 24.1 Å². The molecular weight excluding hydrogens is 759 g/mol. The van der Waals surface area contributed by atoms with Crippen molar-refractivity contribution in [1.29, 1.82) is 5.26 Å². The number of benzene rings is 2. The highest BCUT2D eigenvalue weighted by Crippen LogP contribution is 2.55. The van der Waals surface area contributed by atoms with Crippen LogP contribution >= 0.6 is 11.6 Å². The second-order valence-electron chi connectivity index (χ2n) is 15.9. The number of piperazine rings is 1. The minimum Gasteiger partial charge on any atom is -0.490 e. The van der Waals surface area contributed by atoms with Gasteiger partial charge in [-0.15, -0.1) is 0 Å². The molecule has 1 saturated carbocycles. The number of nitrogens with one attached hydrogen (secondary N) is 2. The number of anilines is 1. The maximum atomic E-state index is 14.9. The number of amides is 5. The van der Waals surface area contributed by atoms with Crippen LogP contribution in [0.3, 0.4) is 0 Å². The summed E-state index contributed by atoms with van der Waals surface area (Å²) in [5.41, 5.74) is -0.481. The SMILES string of the molecule is CC1(C)C(NC(=O)c2cnc(N3CCN(CCCOc4cc5c(cc4F)C(=O)N(C4CCC(=O)NC4=O)C5=O)CC3)cn2)C(C)(C)C1Oc1ccc(C#N)c(Cl)c1. The topological polar surface area (TPSA) is 187 Å². The number of hydrogen-bond donors (Lipinski definition) is 2. The fourth-order valence-corrected chi connectivity index (χ4v) is 8.87. The van der Waals surface area contributed by atoms with E-state index in [2.05, 4.69) is 30.4 Å². The quantitative estimate of drug-likeness (QED) is 0.212. The number of carbonyl (C=O) groups excluding carboxylic acids is 5. The summed E-state index contributed by atoms with van der Waals surface area (Å²) in [4.78, 5) is 77.3. The molecule has 1 aromatic heterocycles. The summed E-state index contributed by atoms with van der Waals surface area (Å²) >= 11 is 6.22. The van der Waals surface area contributed by atoms with E-state index < -0.39 is 46.3 Å². The van der Waals surface area contributed by atoms with Crippen molar-refractivity contribution in [3.05, 3.63) is 75.9 Å². The summed E-state index contributed by atoms with van der Waals surface area (Å²) in [5, 5.41) is 14.8. The molecule has 3 aliphatic heterocycles. The number of ether oxygens (including phenoxy) is 2. The standard InChI is InChI=1S/C40H42ClFN8O7/c1-39(2)37(40(3,4)38(39)57-23-7-6-22(19-43)26(41)16-23)47-33(52)28-20-45-31(21-44-28)49-13-11-48(12-14-49)10-5-15-56-30-18-25-24(17-27(30)42)35(54)50(36(25)55)29-8-9-32(51)46-34(29)53/h6-7,16-18,20-21,29,37-38H,5,8-15H2,1-4H3,(H,47,52)(H,46,51,53). The minimum atomic E-state index is -1.14. The van der Waals surface area contributed by atoms with Crippen molar-refractivity contribution in [1.82, 2.24) is 30.4 Å². The van der Waals surface area contributed by atoms with E-state index >= 15 is 0 Å². The maximum Gasteiger partial charge on any atom is 0.271 e. The van der Waals surface area contributed by atoms with Gasteiger partial charge in [0.15, 0.2) is 11.6 Å². The number of hydrogen-bond acceptors (Lipinski definition) is 12. The fraction of sp³-hybridized carbons (Fsp3) is 0.450. The van der Waals surface area contributed by atoms with Crippen molar-refractivity contribution in [2.24, 2.45) is 10.8 Å². The van der Waals surface area contributed by atoms with Crippen LogP contribution in [0.15, 0.2) is 42.7 Å². The van der Waals surface area contributed by atoms with Crippen molar-refractivity contribution in [2.45, 2.75) is 65.1 Å². The first-order valence-electron chi connectivity index (χ1n) is 18.7. The molecule has 2 aromatic carbocycles. The lowest BCUT2D eigenvalue weighted by atomic mass is 9.49. The molecule has 57 heavy (non-hydrogen) atoms. The van der Waals surface area contributed by atoms with Gasteiger partial charge in [-0.05, 0) is 37.1 Å². The highest BCUT2D eigenvalue weighted by Gasteiger charge is 2.64. The number of nitriles is 1. The zero-order chi connectivity index (χ0) is 40.8. The van der Waals surface area contributed by atoms with Crippen LogP contribution in [0.2, 0.25) is 5.02 Å². The zero-order valence-corrected chi connectivity index (χ0v) is 32.7. The van der Waals surface area contributed by atoms with E-state index in [-0.39, 0.29) is 60.1 Å². The molecule has 0 spiro atoms. The third kappa shape index (κ3) is 7.49. The lowest BCUT2D eigenvalue weighted by Gasteiger charge is -2.63. The zero-order valence-electron chi connectivity index (χ0n) is 31.9. The average Bonchev–Trinajstić information content (AvgIpc) is 3.41.